The predicted octanol–water partition coefficient (Wildman–Crippen LogP) is 4.49. The van der Waals surface area contributed by atoms with Crippen LogP contribution in [0.1, 0.15) is 51.5 Å². The summed E-state index contributed by atoms with van der Waals surface area (Å²) < 4.78 is 33.2. The Hall–Kier alpha value is -2.22. The molecule has 7 heteroatoms. The average molecular weight is 485 g/mol. The van der Waals surface area contributed by atoms with Gasteiger partial charge in [0.25, 0.3) is 0 Å². The summed E-state index contributed by atoms with van der Waals surface area (Å²) in [7, 11) is -3.63. The first-order valence-electron chi connectivity index (χ1n) is 12.5. The van der Waals surface area contributed by atoms with E-state index in [4.69, 9.17) is 4.74 Å². The molecule has 0 saturated carbocycles. The van der Waals surface area contributed by atoms with E-state index in [2.05, 4.69) is 36.1 Å². The topological polar surface area (TPSA) is 66.9 Å². The highest BCUT2D eigenvalue weighted by Crippen LogP contribution is 2.28. The Kier molecular flexibility index (Phi) is 8.06. The zero-order valence-electron chi connectivity index (χ0n) is 20.3. The van der Waals surface area contributed by atoms with Crippen molar-refractivity contribution in [2.45, 2.75) is 69.4 Å². The van der Waals surface area contributed by atoms with Crippen LogP contribution in [0.4, 0.5) is 0 Å². The first-order chi connectivity index (χ1) is 16.4. The number of hydrogen-bond donors (Lipinski definition) is 0. The molecule has 0 amide bonds. The molecule has 0 bridgehead atoms. The number of hydrogen-bond acceptors (Lipinski definition) is 5. The maximum atomic E-state index is 13.2. The van der Waals surface area contributed by atoms with Crippen LogP contribution in [0.15, 0.2) is 53.4 Å². The molecule has 0 spiro atoms. The van der Waals surface area contributed by atoms with Crippen molar-refractivity contribution in [1.29, 1.82) is 0 Å². The summed E-state index contributed by atoms with van der Waals surface area (Å²) in [6.45, 7) is 6.92. The Morgan fingerprint density at radius 1 is 0.971 bits per heavy atom. The van der Waals surface area contributed by atoms with E-state index in [0.29, 0.717) is 25.4 Å². The average Bonchev–Trinajstić information content (AvgIpc) is 3.50. The molecule has 2 aromatic rings. The van der Waals surface area contributed by atoms with E-state index in [1.165, 1.54) is 29.3 Å². The number of ether oxygens (including phenoxy) is 1. The van der Waals surface area contributed by atoms with Gasteiger partial charge in [-0.1, -0.05) is 43.3 Å². The SMILES string of the molecule is CCC(=O)OC[C@H]1CCCN1S(=O)(=O)c1ccc(-c2ccc(CCN3CCC[C@H]3C)cc2)cc1. The fourth-order valence-corrected chi connectivity index (χ4v) is 6.68. The molecule has 2 fully saturated rings. The van der Waals surface area contributed by atoms with Crippen LogP contribution in [0.3, 0.4) is 0 Å². The van der Waals surface area contributed by atoms with Crippen molar-refractivity contribution < 1.29 is 17.9 Å². The van der Waals surface area contributed by atoms with Gasteiger partial charge < -0.3 is 9.64 Å². The van der Waals surface area contributed by atoms with Crippen LogP contribution < -0.4 is 0 Å². The van der Waals surface area contributed by atoms with E-state index in [9.17, 15) is 13.2 Å². The molecule has 0 radical (unpaired) electrons. The fraction of sp³-hybridized carbons (Fsp3) is 0.519. The smallest absolute Gasteiger partial charge is 0.305 e. The Bertz CT molecular complexity index is 1070. The number of carbonyl (C=O) groups excluding carboxylic acids is 1. The van der Waals surface area contributed by atoms with Gasteiger partial charge in [-0.3, -0.25) is 4.79 Å². The number of benzene rings is 2. The van der Waals surface area contributed by atoms with Gasteiger partial charge in [0.1, 0.15) is 6.61 Å². The van der Waals surface area contributed by atoms with Crippen molar-refractivity contribution in [3.63, 3.8) is 0 Å². The molecule has 0 N–H and O–H groups in total. The molecule has 0 aliphatic carbocycles. The van der Waals surface area contributed by atoms with Gasteiger partial charge in [0.05, 0.1) is 10.9 Å². The largest absolute Gasteiger partial charge is 0.464 e. The Balaban J connectivity index is 1.39. The number of likely N-dealkylation sites (tertiary alicyclic amines) is 1. The molecule has 4 rings (SSSR count). The molecule has 2 aliphatic rings. The molecule has 34 heavy (non-hydrogen) atoms. The second kappa shape index (κ2) is 11.0. The third kappa shape index (κ3) is 5.70. The van der Waals surface area contributed by atoms with Gasteiger partial charge >= 0.3 is 5.97 Å². The summed E-state index contributed by atoms with van der Waals surface area (Å²) in [4.78, 5) is 14.3. The van der Waals surface area contributed by atoms with Crippen LogP contribution in [0.5, 0.6) is 0 Å². The lowest BCUT2D eigenvalue weighted by atomic mass is 10.0. The molecule has 2 heterocycles. The minimum Gasteiger partial charge on any atom is -0.464 e. The summed E-state index contributed by atoms with van der Waals surface area (Å²) in [5.74, 6) is -0.301. The third-order valence-electron chi connectivity index (χ3n) is 7.17. The fourth-order valence-electron chi connectivity index (χ4n) is 5.00. The molecule has 6 nitrogen and oxygen atoms in total. The van der Waals surface area contributed by atoms with Crippen molar-refractivity contribution in [3.05, 3.63) is 54.1 Å². The maximum absolute atomic E-state index is 13.2. The van der Waals surface area contributed by atoms with Crippen molar-refractivity contribution in [2.24, 2.45) is 0 Å². The van der Waals surface area contributed by atoms with Crippen molar-refractivity contribution in [3.8, 4) is 11.1 Å². The third-order valence-corrected chi connectivity index (χ3v) is 9.14. The van der Waals surface area contributed by atoms with Crippen LogP contribution in [-0.4, -0.2) is 61.9 Å². The standard InChI is InChI=1S/C27H36N2O4S/c1-3-27(30)33-20-25-7-5-18-29(25)34(31,32)26-14-12-24(13-15-26)23-10-8-22(9-11-23)16-19-28-17-4-6-21(28)2/h8-15,21,25H,3-7,16-20H2,1-2H3/t21-,25-/m1/s1. The molecule has 2 aliphatic heterocycles. The number of carbonyl (C=O) groups is 1. The van der Waals surface area contributed by atoms with Gasteiger partial charge in [-0.15, -0.1) is 0 Å². The quantitative estimate of drug-likeness (QED) is 0.491. The molecule has 0 aromatic heterocycles. The summed E-state index contributed by atoms with van der Waals surface area (Å²) in [6.07, 6.45) is 5.42. The van der Waals surface area contributed by atoms with Crippen LogP contribution >= 0.6 is 0 Å². The molecule has 2 aromatic carbocycles. The van der Waals surface area contributed by atoms with Gasteiger partial charge in [0, 0.05) is 25.6 Å². The maximum Gasteiger partial charge on any atom is 0.305 e. The van der Waals surface area contributed by atoms with E-state index in [1.807, 2.05) is 12.1 Å². The summed E-state index contributed by atoms with van der Waals surface area (Å²) in [6, 6.07) is 16.1. The molecular weight excluding hydrogens is 448 g/mol. The van der Waals surface area contributed by atoms with Gasteiger partial charge in [-0.2, -0.15) is 4.31 Å². The highest BCUT2D eigenvalue weighted by molar-refractivity contribution is 7.89. The Morgan fingerprint density at radius 3 is 2.24 bits per heavy atom. The van der Waals surface area contributed by atoms with Crippen molar-refractivity contribution in [2.75, 3.05) is 26.2 Å². The lowest BCUT2D eigenvalue weighted by Gasteiger charge is -2.24. The van der Waals surface area contributed by atoms with Gasteiger partial charge in [0.2, 0.25) is 10.0 Å². The Labute approximate surface area is 204 Å². The van der Waals surface area contributed by atoms with Gasteiger partial charge in [-0.25, -0.2) is 8.42 Å². The highest BCUT2D eigenvalue weighted by Gasteiger charge is 2.36. The van der Waals surface area contributed by atoms with E-state index in [0.717, 1.165) is 30.5 Å². The normalized spacial score (nSPS) is 21.7. The van der Waals surface area contributed by atoms with Gasteiger partial charge in [-0.05, 0) is 74.4 Å². The predicted molar refractivity (Wildman–Crippen MR) is 134 cm³/mol. The molecule has 184 valence electrons. The number of esters is 1. The summed E-state index contributed by atoms with van der Waals surface area (Å²) in [5, 5.41) is 0. The number of sulfonamides is 1. The monoisotopic (exact) mass is 484 g/mol. The van der Waals surface area contributed by atoms with E-state index in [-0.39, 0.29) is 23.5 Å². The van der Waals surface area contributed by atoms with Crippen molar-refractivity contribution >= 4 is 16.0 Å². The molecule has 0 unspecified atom stereocenters. The van der Waals surface area contributed by atoms with Crippen LogP contribution in [0.25, 0.3) is 11.1 Å². The number of nitrogens with zero attached hydrogens (tertiary/aromatic N) is 2. The minimum absolute atomic E-state index is 0.118. The summed E-state index contributed by atoms with van der Waals surface area (Å²) in [5.41, 5.74) is 3.40. The van der Waals surface area contributed by atoms with Crippen LogP contribution in [-0.2, 0) is 26.0 Å². The zero-order valence-corrected chi connectivity index (χ0v) is 21.1. The minimum atomic E-state index is -3.63. The molecule has 2 atom stereocenters. The van der Waals surface area contributed by atoms with Crippen molar-refractivity contribution in [1.82, 2.24) is 9.21 Å². The van der Waals surface area contributed by atoms with Crippen LogP contribution in [0.2, 0.25) is 0 Å². The van der Waals surface area contributed by atoms with E-state index < -0.39 is 10.0 Å². The lowest BCUT2D eigenvalue weighted by Crippen LogP contribution is -2.38. The van der Waals surface area contributed by atoms with E-state index in [1.54, 1.807) is 19.1 Å². The zero-order chi connectivity index (χ0) is 24.1. The van der Waals surface area contributed by atoms with Gasteiger partial charge in [0.15, 0.2) is 0 Å². The van der Waals surface area contributed by atoms with E-state index >= 15 is 0 Å². The summed E-state index contributed by atoms with van der Waals surface area (Å²) >= 11 is 0. The molecule has 2 saturated heterocycles. The second-order valence-electron chi connectivity index (χ2n) is 9.45. The molecular formula is C27H36N2O4S. The first-order valence-corrected chi connectivity index (χ1v) is 13.9. The first kappa shape index (κ1) is 24.9. The number of rotatable bonds is 9. The van der Waals surface area contributed by atoms with Crippen LogP contribution in [0, 0.1) is 0 Å². The lowest BCUT2D eigenvalue weighted by molar-refractivity contribution is -0.144. The Morgan fingerprint density at radius 2 is 1.62 bits per heavy atom. The second-order valence-corrected chi connectivity index (χ2v) is 11.3. The highest BCUT2D eigenvalue weighted by atomic mass is 32.2.